The molecule has 2 aliphatic rings. The molecule has 1 atom stereocenters. The van der Waals surface area contributed by atoms with Gasteiger partial charge in [0.15, 0.2) is 0 Å². The molecule has 0 aromatic heterocycles. The van der Waals surface area contributed by atoms with Gasteiger partial charge in [-0.2, -0.15) is 0 Å². The first kappa shape index (κ1) is 12.8. The molecule has 2 fully saturated rings. The van der Waals surface area contributed by atoms with E-state index in [1.165, 1.54) is 12.8 Å². The summed E-state index contributed by atoms with van der Waals surface area (Å²) in [6.07, 6.45) is 4.50. The zero-order valence-corrected chi connectivity index (χ0v) is 10.9. The summed E-state index contributed by atoms with van der Waals surface area (Å²) in [6.45, 7) is 3.25. The first-order valence-electron chi connectivity index (χ1n) is 6.63. The van der Waals surface area contributed by atoms with Crippen LogP contribution in [0.15, 0.2) is 0 Å². The second-order valence-corrected chi connectivity index (χ2v) is 5.25. The van der Waals surface area contributed by atoms with Crippen molar-refractivity contribution in [2.45, 2.75) is 37.8 Å². The van der Waals surface area contributed by atoms with E-state index in [1.807, 2.05) is 14.1 Å². The Bertz CT molecular complexity index is 263. The molecule has 0 radical (unpaired) electrons. The van der Waals surface area contributed by atoms with Crippen LogP contribution in [0.25, 0.3) is 0 Å². The third kappa shape index (κ3) is 3.18. The second-order valence-electron chi connectivity index (χ2n) is 5.25. The molecule has 5 heteroatoms. The van der Waals surface area contributed by atoms with Crippen LogP contribution in [0, 0.1) is 0 Å². The lowest BCUT2D eigenvalue weighted by Gasteiger charge is -2.35. The molecule has 0 aromatic rings. The van der Waals surface area contributed by atoms with Crippen molar-refractivity contribution < 1.29 is 4.79 Å². The lowest BCUT2D eigenvalue weighted by atomic mass is 10.0. The monoisotopic (exact) mass is 240 g/mol. The van der Waals surface area contributed by atoms with E-state index in [0.29, 0.717) is 6.04 Å². The Balaban J connectivity index is 1.93. The van der Waals surface area contributed by atoms with Gasteiger partial charge >= 0.3 is 0 Å². The van der Waals surface area contributed by atoms with Gasteiger partial charge in [-0.25, -0.2) is 5.01 Å². The Kier molecular flexibility index (Phi) is 4.36. The van der Waals surface area contributed by atoms with Gasteiger partial charge in [0.2, 0.25) is 0 Å². The van der Waals surface area contributed by atoms with E-state index in [4.69, 9.17) is 0 Å². The summed E-state index contributed by atoms with van der Waals surface area (Å²) in [5.41, 5.74) is 2.89. The van der Waals surface area contributed by atoms with Crippen LogP contribution in [0.3, 0.4) is 0 Å². The third-order valence-corrected chi connectivity index (χ3v) is 3.71. The van der Waals surface area contributed by atoms with Crippen LogP contribution in [0.4, 0.5) is 0 Å². The summed E-state index contributed by atoms with van der Waals surface area (Å²) in [5, 5.41) is 5.12. The maximum Gasteiger partial charge on any atom is 0.251 e. The fourth-order valence-corrected chi connectivity index (χ4v) is 2.94. The maximum absolute atomic E-state index is 12.1. The fraction of sp³-hybridized carbons (Fsp3) is 0.917. The molecule has 2 saturated heterocycles. The van der Waals surface area contributed by atoms with Gasteiger partial charge in [-0.1, -0.05) is 0 Å². The highest BCUT2D eigenvalue weighted by Crippen LogP contribution is 2.24. The molecule has 0 aliphatic carbocycles. The first-order chi connectivity index (χ1) is 8.18. The standard InChI is InChI=1S/C12H24N4O/c1-15(2)14-12(17)11-4-3-9-16(11)10-5-7-13-8-6-10/h10-11,13H,3-9H2,1-2H3,(H,14,17). The molecular formula is C12H24N4O. The maximum atomic E-state index is 12.1. The molecule has 0 aromatic carbocycles. The Morgan fingerprint density at radius 1 is 1.29 bits per heavy atom. The average Bonchev–Trinajstić information content (AvgIpc) is 2.78. The molecule has 2 rings (SSSR count). The lowest BCUT2D eigenvalue weighted by Crippen LogP contribution is -2.52. The SMILES string of the molecule is CN(C)NC(=O)C1CCCN1C1CCNCC1. The van der Waals surface area contributed by atoms with Crippen molar-refractivity contribution in [3.63, 3.8) is 0 Å². The number of nitrogens with one attached hydrogen (secondary N) is 2. The number of rotatable bonds is 3. The van der Waals surface area contributed by atoms with E-state index < -0.39 is 0 Å². The summed E-state index contributed by atoms with van der Waals surface area (Å²) < 4.78 is 0. The molecule has 0 bridgehead atoms. The molecule has 17 heavy (non-hydrogen) atoms. The fourth-order valence-electron chi connectivity index (χ4n) is 2.94. The van der Waals surface area contributed by atoms with Crippen molar-refractivity contribution >= 4 is 5.91 Å². The number of carbonyl (C=O) groups excluding carboxylic acids is 1. The molecular weight excluding hydrogens is 216 g/mol. The largest absolute Gasteiger partial charge is 0.317 e. The molecule has 0 saturated carbocycles. The van der Waals surface area contributed by atoms with Gasteiger partial charge in [0.25, 0.3) is 5.91 Å². The van der Waals surface area contributed by atoms with E-state index in [9.17, 15) is 4.79 Å². The van der Waals surface area contributed by atoms with E-state index in [-0.39, 0.29) is 11.9 Å². The van der Waals surface area contributed by atoms with Crippen LogP contribution in [-0.2, 0) is 4.79 Å². The Hall–Kier alpha value is -0.650. The summed E-state index contributed by atoms with van der Waals surface area (Å²) in [6, 6.07) is 0.678. The molecule has 2 N–H and O–H groups in total. The van der Waals surface area contributed by atoms with Gasteiger partial charge in [-0.05, 0) is 45.3 Å². The van der Waals surface area contributed by atoms with Crippen LogP contribution in [0.5, 0.6) is 0 Å². The van der Waals surface area contributed by atoms with Crippen molar-refractivity contribution in [3.05, 3.63) is 0 Å². The number of hydrazine groups is 1. The Labute approximate surface area is 103 Å². The quantitative estimate of drug-likeness (QED) is 0.671. The van der Waals surface area contributed by atoms with E-state index in [0.717, 1.165) is 32.5 Å². The number of amides is 1. The van der Waals surface area contributed by atoms with Crippen molar-refractivity contribution in [2.75, 3.05) is 33.7 Å². The minimum Gasteiger partial charge on any atom is -0.317 e. The van der Waals surface area contributed by atoms with Crippen LogP contribution < -0.4 is 10.7 Å². The number of piperidine rings is 1. The third-order valence-electron chi connectivity index (χ3n) is 3.71. The van der Waals surface area contributed by atoms with Crippen LogP contribution in [0.2, 0.25) is 0 Å². The van der Waals surface area contributed by atoms with Gasteiger partial charge in [0.05, 0.1) is 6.04 Å². The Morgan fingerprint density at radius 2 is 2.00 bits per heavy atom. The predicted octanol–water partition coefficient (Wildman–Crippen LogP) is -0.204. The molecule has 2 aliphatic heterocycles. The number of nitrogens with zero attached hydrogens (tertiary/aromatic N) is 2. The number of hydrogen-bond donors (Lipinski definition) is 2. The van der Waals surface area contributed by atoms with Gasteiger partial charge in [-0.3, -0.25) is 15.1 Å². The molecule has 98 valence electrons. The second kappa shape index (κ2) is 5.80. The van der Waals surface area contributed by atoms with Crippen molar-refractivity contribution in [2.24, 2.45) is 0 Å². The molecule has 1 amide bonds. The molecule has 5 nitrogen and oxygen atoms in total. The van der Waals surface area contributed by atoms with Gasteiger partial charge in [-0.15, -0.1) is 0 Å². The number of likely N-dealkylation sites (tertiary alicyclic amines) is 1. The van der Waals surface area contributed by atoms with E-state index in [1.54, 1.807) is 5.01 Å². The Morgan fingerprint density at radius 3 is 2.65 bits per heavy atom. The van der Waals surface area contributed by atoms with Crippen LogP contribution >= 0.6 is 0 Å². The minimum atomic E-state index is 0.0838. The zero-order chi connectivity index (χ0) is 12.3. The molecule has 1 unspecified atom stereocenters. The normalized spacial score (nSPS) is 27.6. The van der Waals surface area contributed by atoms with E-state index in [2.05, 4.69) is 15.6 Å². The van der Waals surface area contributed by atoms with Gasteiger partial charge in [0.1, 0.15) is 0 Å². The van der Waals surface area contributed by atoms with Crippen LogP contribution in [0.1, 0.15) is 25.7 Å². The van der Waals surface area contributed by atoms with Crippen LogP contribution in [-0.4, -0.2) is 61.6 Å². The molecule has 0 spiro atoms. The highest BCUT2D eigenvalue weighted by molar-refractivity contribution is 5.81. The highest BCUT2D eigenvalue weighted by atomic mass is 16.2. The highest BCUT2D eigenvalue weighted by Gasteiger charge is 2.35. The lowest BCUT2D eigenvalue weighted by molar-refractivity contribution is -0.130. The van der Waals surface area contributed by atoms with Gasteiger partial charge < -0.3 is 5.32 Å². The zero-order valence-electron chi connectivity index (χ0n) is 10.9. The average molecular weight is 240 g/mol. The summed E-state index contributed by atoms with van der Waals surface area (Å²) in [7, 11) is 3.73. The van der Waals surface area contributed by atoms with Crippen molar-refractivity contribution in [3.8, 4) is 0 Å². The molecule has 2 heterocycles. The topological polar surface area (TPSA) is 47.6 Å². The number of carbonyl (C=O) groups is 1. The summed E-state index contributed by atoms with van der Waals surface area (Å²) >= 11 is 0. The van der Waals surface area contributed by atoms with Crippen molar-refractivity contribution in [1.82, 2.24) is 20.7 Å². The summed E-state index contributed by atoms with van der Waals surface area (Å²) in [5.74, 6) is 0.158. The smallest absolute Gasteiger partial charge is 0.251 e. The summed E-state index contributed by atoms with van der Waals surface area (Å²) in [4.78, 5) is 14.5. The van der Waals surface area contributed by atoms with E-state index >= 15 is 0 Å². The van der Waals surface area contributed by atoms with Gasteiger partial charge in [0, 0.05) is 20.1 Å². The van der Waals surface area contributed by atoms with Crippen molar-refractivity contribution in [1.29, 1.82) is 0 Å². The predicted molar refractivity (Wildman–Crippen MR) is 67.4 cm³/mol. The minimum absolute atomic E-state index is 0.0838. The first-order valence-corrected chi connectivity index (χ1v) is 6.63. The number of hydrogen-bond acceptors (Lipinski definition) is 4.